The summed E-state index contributed by atoms with van der Waals surface area (Å²) in [5.41, 5.74) is 1.80. The van der Waals surface area contributed by atoms with E-state index in [9.17, 15) is 9.59 Å². The Balaban J connectivity index is 1.74. The molecule has 2 fully saturated rings. The Hall–Kier alpha value is -1.93. The van der Waals surface area contributed by atoms with Gasteiger partial charge in [-0.15, -0.1) is 0 Å². The minimum absolute atomic E-state index is 0.196. The van der Waals surface area contributed by atoms with Crippen LogP contribution in [0.3, 0.4) is 0 Å². The van der Waals surface area contributed by atoms with E-state index in [2.05, 4.69) is 5.10 Å². The average Bonchev–Trinajstić information content (AvgIpc) is 3.18. The fourth-order valence-corrected chi connectivity index (χ4v) is 3.24. The zero-order valence-electron chi connectivity index (χ0n) is 15.2. The standard InChI is InChI=1S/C17H25N3O5/c1-11-7-12(19(4)18-11)8-20(9-13-10-23-17(2,3)25-13)16(22)14-5-6-15(21)24-14/h7,13-14H,5-6,8-10H2,1-4H3/t13-,14-/m1/s1. The van der Waals surface area contributed by atoms with Crippen molar-refractivity contribution in [3.8, 4) is 0 Å². The van der Waals surface area contributed by atoms with Gasteiger partial charge in [-0.25, -0.2) is 0 Å². The summed E-state index contributed by atoms with van der Waals surface area (Å²) < 4.78 is 18.3. The highest BCUT2D eigenvalue weighted by Gasteiger charge is 2.38. The Morgan fingerprint density at radius 3 is 2.76 bits per heavy atom. The number of hydrogen-bond donors (Lipinski definition) is 0. The van der Waals surface area contributed by atoms with Crippen molar-refractivity contribution in [2.24, 2.45) is 7.05 Å². The van der Waals surface area contributed by atoms with Crippen molar-refractivity contribution in [1.29, 1.82) is 0 Å². The van der Waals surface area contributed by atoms with E-state index in [0.717, 1.165) is 11.4 Å². The van der Waals surface area contributed by atoms with E-state index >= 15 is 0 Å². The molecule has 138 valence electrons. The summed E-state index contributed by atoms with van der Waals surface area (Å²) in [6, 6.07) is 1.94. The first kappa shape index (κ1) is 17.9. The Morgan fingerprint density at radius 1 is 1.48 bits per heavy atom. The SMILES string of the molecule is Cc1cc(CN(C[C@@H]2COC(C)(C)O2)C(=O)[C@H]2CCC(=O)O2)n(C)n1. The topological polar surface area (TPSA) is 82.9 Å². The zero-order valence-corrected chi connectivity index (χ0v) is 15.2. The summed E-state index contributed by atoms with van der Waals surface area (Å²) in [6.07, 6.45) is -0.223. The van der Waals surface area contributed by atoms with Gasteiger partial charge in [0.15, 0.2) is 11.9 Å². The molecule has 0 aliphatic carbocycles. The van der Waals surface area contributed by atoms with E-state index in [1.165, 1.54) is 0 Å². The van der Waals surface area contributed by atoms with Gasteiger partial charge in [0, 0.05) is 26.4 Å². The molecular formula is C17H25N3O5. The predicted octanol–water partition coefficient (Wildman–Crippen LogP) is 0.914. The molecule has 3 rings (SSSR count). The number of aryl methyl sites for hydroxylation is 2. The van der Waals surface area contributed by atoms with Gasteiger partial charge in [-0.1, -0.05) is 0 Å². The lowest BCUT2D eigenvalue weighted by molar-refractivity contribution is -0.157. The van der Waals surface area contributed by atoms with Crippen LogP contribution in [0.25, 0.3) is 0 Å². The van der Waals surface area contributed by atoms with E-state index in [-0.39, 0.29) is 24.4 Å². The van der Waals surface area contributed by atoms with Gasteiger partial charge in [0.1, 0.15) is 6.10 Å². The Labute approximate surface area is 147 Å². The van der Waals surface area contributed by atoms with E-state index < -0.39 is 11.9 Å². The van der Waals surface area contributed by atoms with Crippen LogP contribution in [0, 0.1) is 6.92 Å². The van der Waals surface area contributed by atoms with Gasteiger partial charge in [-0.05, 0) is 26.8 Å². The number of cyclic esters (lactones) is 1. The van der Waals surface area contributed by atoms with E-state index in [1.54, 1.807) is 9.58 Å². The number of aromatic nitrogens is 2. The molecule has 0 saturated carbocycles. The van der Waals surface area contributed by atoms with Crippen LogP contribution in [0.2, 0.25) is 0 Å². The van der Waals surface area contributed by atoms with Crippen molar-refractivity contribution in [3.05, 3.63) is 17.5 Å². The Kier molecular flexibility index (Phi) is 4.83. The number of esters is 1. The largest absolute Gasteiger partial charge is 0.452 e. The summed E-state index contributed by atoms with van der Waals surface area (Å²) in [7, 11) is 1.85. The van der Waals surface area contributed by atoms with Crippen LogP contribution in [-0.4, -0.2) is 57.7 Å². The third-order valence-corrected chi connectivity index (χ3v) is 4.41. The Bertz CT molecular complexity index is 669. The summed E-state index contributed by atoms with van der Waals surface area (Å²) in [5, 5.41) is 4.33. The quantitative estimate of drug-likeness (QED) is 0.734. The summed E-state index contributed by atoms with van der Waals surface area (Å²) >= 11 is 0. The van der Waals surface area contributed by atoms with Crippen LogP contribution in [0.1, 0.15) is 38.1 Å². The second kappa shape index (κ2) is 6.76. The lowest BCUT2D eigenvalue weighted by Gasteiger charge is -2.27. The molecule has 0 bridgehead atoms. The van der Waals surface area contributed by atoms with E-state index in [4.69, 9.17) is 14.2 Å². The maximum Gasteiger partial charge on any atom is 0.306 e. The van der Waals surface area contributed by atoms with Gasteiger partial charge in [-0.2, -0.15) is 5.10 Å². The van der Waals surface area contributed by atoms with E-state index in [0.29, 0.717) is 26.1 Å². The number of carbonyl (C=O) groups is 2. The highest BCUT2D eigenvalue weighted by molar-refractivity contribution is 5.86. The number of amides is 1. The average molecular weight is 351 g/mol. The third kappa shape index (κ3) is 4.19. The highest BCUT2D eigenvalue weighted by Crippen LogP contribution is 2.24. The second-order valence-corrected chi connectivity index (χ2v) is 7.09. The van der Waals surface area contributed by atoms with Crippen LogP contribution >= 0.6 is 0 Å². The van der Waals surface area contributed by atoms with Gasteiger partial charge < -0.3 is 19.1 Å². The van der Waals surface area contributed by atoms with Gasteiger partial charge >= 0.3 is 5.97 Å². The summed E-state index contributed by atoms with van der Waals surface area (Å²) in [6.45, 7) is 6.78. The van der Waals surface area contributed by atoms with Crippen molar-refractivity contribution in [1.82, 2.24) is 14.7 Å². The van der Waals surface area contributed by atoms with Crippen molar-refractivity contribution in [2.75, 3.05) is 13.2 Å². The molecule has 8 nitrogen and oxygen atoms in total. The van der Waals surface area contributed by atoms with Crippen molar-refractivity contribution in [3.63, 3.8) is 0 Å². The van der Waals surface area contributed by atoms with Gasteiger partial charge in [0.05, 0.1) is 24.5 Å². The van der Waals surface area contributed by atoms with Crippen LogP contribution in [0.5, 0.6) is 0 Å². The van der Waals surface area contributed by atoms with Crippen molar-refractivity contribution < 1.29 is 23.8 Å². The molecule has 0 radical (unpaired) electrons. The molecule has 0 N–H and O–H groups in total. The summed E-state index contributed by atoms with van der Waals surface area (Å²) in [5.74, 6) is -1.17. The number of ether oxygens (including phenoxy) is 3. The van der Waals surface area contributed by atoms with Crippen LogP contribution in [0.15, 0.2) is 6.07 Å². The predicted molar refractivity (Wildman–Crippen MR) is 87.4 cm³/mol. The van der Waals surface area contributed by atoms with E-state index in [1.807, 2.05) is 33.9 Å². The number of hydrogen-bond acceptors (Lipinski definition) is 6. The molecule has 2 saturated heterocycles. The first-order chi connectivity index (χ1) is 11.7. The van der Waals surface area contributed by atoms with Gasteiger partial charge in [0.2, 0.25) is 0 Å². The second-order valence-electron chi connectivity index (χ2n) is 7.09. The molecule has 2 aliphatic heterocycles. The van der Waals surface area contributed by atoms with Crippen LogP contribution in [0.4, 0.5) is 0 Å². The molecule has 2 atom stereocenters. The highest BCUT2D eigenvalue weighted by atomic mass is 16.7. The zero-order chi connectivity index (χ0) is 18.2. The smallest absolute Gasteiger partial charge is 0.306 e. The molecule has 8 heteroatoms. The number of rotatable bonds is 5. The van der Waals surface area contributed by atoms with Gasteiger partial charge in [-0.3, -0.25) is 14.3 Å². The monoisotopic (exact) mass is 351 g/mol. The minimum atomic E-state index is -0.711. The first-order valence-corrected chi connectivity index (χ1v) is 8.53. The lowest BCUT2D eigenvalue weighted by Crippen LogP contribution is -2.44. The maximum absolute atomic E-state index is 12.9. The third-order valence-electron chi connectivity index (χ3n) is 4.41. The summed E-state index contributed by atoms with van der Waals surface area (Å²) in [4.78, 5) is 25.9. The fraction of sp³-hybridized carbons (Fsp3) is 0.706. The number of carbonyl (C=O) groups excluding carboxylic acids is 2. The first-order valence-electron chi connectivity index (χ1n) is 8.53. The minimum Gasteiger partial charge on any atom is -0.452 e. The molecule has 1 amide bonds. The molecular weight excluding hydrogens is 326 g/mol. The maximum atomic E-state index is 12.9. The van der Waals surface area contributed by atoms with Crippen molar-refractivity contribution >= 4 is 11.9 Å². The molecule has 1 aromatic heterocycles. The molecule has 0 spiro atoms. The molecule has 3 heterocycles. The molecule has 2 aliphatic rings. The molecule has 1 aromatic rings. The fourth-order valence-electron chi connectivity index (χ4n) is 3.24. The normalized spacial score (nSPS) is 25.2. The van der Waals surface area contributed by atoms with Crippen LogP contribution in [-0.2, 0) is 37.4 Å². The molecule has 0 aromatic carbocycles. The Morgan fingerprint density at radius 2 is 2.24 bits per heavy atom. The molecule has 0 unspecified atom stereocenters. The number of nitrogens with zero attached hydrogens (tertiary/aromatic N) is 3. The molecule has 25 heavy (non-hydrogen) atoms. The van der Waals surface area contributed by atoms with Gasteiger partial charge in [0.25, 0.3) is 5.91 Å². The van der Waals surface area contributed by atoms with Crippen molar-refractivity contribution in [2.45, 2.75) is 58.2 Å². The van der Waals surface area contributed by atoms with Crippen LogP contribution < -0.4 is 0 Å². The lowest BCUT2D eigenvalue weighted by atomic mass is 10.2.